The van der Waals surface area contributed by atoms with Gasteiger partial charge in [0.1, 0.15) is 16.4 Å². The molecule has 0 amide bonds. The fourth-order valence-corrected chi connectivity index (χ4v) is 2.78. The lowest BCUT2D eigenvalue weighted by Crippen LogP contribution is -1.99. The molecule has 3 aromatic rings. The van der Waals surface area contributed by atoms with E-state index in [2.05, 4.69) is 34.4 Å². The van der Waals surface area contributed by atoms with Crippen molar-refractivity contribution < 1.29 is 5.11 Å². The predicted octanol–water partition coefficient (Wildman–Crippen LogP) is 2.40. The molecule has 0 saturated carbocycles. The van der Waals surface area contributed by atoms with Crippen LogP contribution in [0, 0.1) is 0 Å². The van der Waals surface area contributed by atoms with Crippen molar-refractivity contribution >= 4 is 11.3 Å². The number of benzene rings is 1. The first-order valence-corrected chi connectivity index (χ1v) is 7.47. The summed E-state index contributed by atoms with van der Waals surface area (Å²) in [5.74, 6) is 0.317. The Morgan fingerprint density at radius 3 is 2.52 bits per heavy atom. The first-order chi connectivity index (χ1) is 10.2. The quantitative estimate of drug-likeness (QED) is 0.800. The molecular weight excluding hydrogens is 286 g/mol. The summed E-state index contributed by atoms with van der Waals surface area (Å²) in [6.07, 6.45) is 0. The van der Waals surface area contributed by atoms with Gasteiger partial charge in [0, 0.05) is 11.5 Å². The fraction of sp³-hybridized carbons (Fsp3) is 0.286. The van der Waals surface area contributed by atoms with Crippen molar-refractivity contribution in [2.45, 2.75) is 26.4 Å². The summed E-state index contributed by atoms with van der Waals surface area (Å²) >= 11 is 1.48. The number of hydrogen-bond donors (Lipinski definition) is 1. The largest absolute Gasteiger partial charge is 0.390 e. The second-order valence-electron chi connectivity index (χ2n) is 4.90. The Balaban J connectivity index is 2.13. The monoisotopic (exact) mass is 301 g/mol. The highest BCUT2D eigenvalue weighted by atomic mass is 32.1. The van der Waals surface area contributed by atoms with Gasteiger partial charge >= 0.3 is 0 Å². The van der Waals surface area contributed by atoms with E-state index in [4.69, 9.17) is 0 Å². The minimum atomic E-state index is -0.167. The molecule has 0 spiro atoms. The SMILES string of the molecule is CC(C)c1nnc(-n2nnc(CO)c2-c2ccccc2)s1. The van der Waals surface area contributed by atoms with E-state index in [9.17, 15) is 5.11 Å². The zero-order chi connectivity index (χ0) is 14.8. The van der Waals surface area contributed by atoms with Crippen LogP contribution in [0.4, 0.5) is 0 Å². The number of aromatic nitrogens is 5. The van der Waals surface area contributed by atoms with Gasteiger partial charge < -0.3 is 5.11 Å². The molecule has 108 valence electrons. The van der Waals surface area contributed by atoms with Crippen molar-refractivity contribution in [1.29, 1.82) is 0 Å². The second-order valence-corrected chi connectivity index (χ2v) is 5.89. The van der Waals surface area contributed by atoms with Crippen LogP contribution in [-0.4, -0.2) is 30.3 Å². The van der Waals surface area contributed by atoms with Crippen LogP contribution in [0.1, 0.15) is 30.5 Å². The Bertz CT molecular complexity index is 735. The van der Waals surface area contributed by atoms with Gasteiger partial charge in [0.15, 0.2) is 0 Å². The normalized spacial score (nSPS) is 11.2. The lowest BCUT2D eigenvalue weighted by atomic mass is 10.1. The van der Waals surface area contributed by atoms with Gasteiger partial charge in [-0.15, -0.1) is 15.3 Å². The molecule has 6 nitrogen and oxygen atoms in total. The first kappa shape index (κ1) is 13.8. The van der Waals surface area contributed by atoms with Crippen molar-refractivity contribution in [3.63, 3.8) is 0 Å². The molecule has 0 aliphatic carbocycles. The molecule has 2 heterocycles. The average molecular weight is 301 g/mol. The molecule has 3 rings (SSSR count). The molecule has 0 atom stereocenters. The molecule has 21 heavy (non-hydrogen) atoms. The fourth-order valence-electron chi connectivity index (χ4n) is 1.98. The molecule has 0 bridgehead atoms. The third kappa shape index (κ3) is 2.57. The molecule has 7 heteroatoms. The summed E-state index contributed by atoms with van der Waals surface area (Å²) in [4.78, 5) is 0. The van der Waals surface area contributed by atoms with Crippen LogP contribution in [0.2, 0.25) is 0 Å². The van der Waals surface area contributed by atoms with Crippen LogP contribution in [0.15, 0.2) is 30.3 Å². The Morgan fingerprint density at radius 2 is 1.90 bits per heavy atom. The molecule has 0 fully saturated rings. The van der Waals surface area contributed by atoms with Crippen molar-refractivity contribution in [2.75, 3.05) is 0 Å². The van der Waals surface area contributed by atoms with Gasteiger partial charge in [0.05, 0.1) is 6.61 Å². The Labute approximate surface area is 126 Å². The Morgan fingerprint density at radius 1 is 1.14 bits per heavy atom. The van der Waals surface area contributed by atoms with Gasteiger partial charge in [-0.1, -0.05) is 60.7 Å². The van der Waals surface area contributed by atoms with Gasteiger partial charge in [0.25, 0.3) is 0 Å². The smallest absolute Gasteiger partial charge is 0.234 e. The van der Waals surface area contributed by atoms with Crippen LogP contribution in [0.5, 0.6) is 0 Å². The van der Waals surface area contributed by atoms with Crippen molar-refractivity contribution in [3.8, 4) is 16.4 Å². The maximum Gasteiger partial charge on any atom is 0.234 e. The predicted molar refractivity (Wildman–Crippen MR) is 80.3 cm³/mol. The van der Waals surface area contributed by atoms with E-state index in [-0.39, 0.29) is 6.61 Å². The lowest BCUT2D eigenvalue weighted by molar-refractivity contribution is 0.277. The van der Waals surface area contributed by atoms with E-state index < -0.39 is 0 Å². The van der Waals surface area contributed by atoms with E-state index in [1.54, 1.807) is 4.68 Å². The average Bonchev–Trinajstić information content (AvgIpc) is 3.14. The number of aliphatic hydroxyl groups is 1. The van der Waals surface area contributed by atoms with Crippen LogP contribution < -0.4 is 0 Å². The molecular formula is C14H15N5OS. The highest BCUT2D eigenvalue weighted by Gasteiger charge is 2.19. The zero-order valence-corrected chi connectivity index (χ0v) is 12.6. The minimum Gasteiger partial charge on any atom is -0.390 e. The summed E-state index contributed by atoms with van der Waals surface area (Å²) in [7, 11) is 0. The van der Waals surface area contributed by atoms with E-state index in [0.29, 0.717) is 16.7 Å². The third-order valence-electron chi connectivity index (χ3n) is 3.04. The first-order valence-electron chi connectivity index (χ1n) is 6.65. The summed E-state index contributed by atoms with van der Waals surface area (Å²) in [6.45, 7) is 3.98. The van der Waals surface area contributed by atoms with Gasteiger partial charge in [-0.3, -0.25) is 0 Å². The highest BCUT2D eigenvalue weighted by molar-refractivity contribution is 7.13. The topological polar surface area (TPSA) is 76.7 Å². The van der Waals surface area contributed by atoms with Crippen LogP contribution >= 0.6 is 11.3 Å². The standard InChI is InChI=1S/C14H15N5OS/c1-9(2)13-16-17-14(21-13)19-12(11(8-20)15-18-19)10-6-4-3-5-7-10/h3-7,9,20H,8H2,1-2H3. The number of hydrogen-bond acceptors (Lipinski definition) is 6. The third-order valence-corrected chi connectivity index (χ3v) is 4.24. The minimum absolute atomic E-state index is 0.167. The van der Waals surface area contributed by atoms with E-state index >= 15 is 0 Å². The molecule has 0 unspecified atom stereocenters. The molecule has 0 radical (unpaired) electrons. The van der Waals surface area contributed by atoms with Crippen molar-refractivity contribution in [1.82, 2.24) is 25.2 Å². The summed E-state index contributed by atoms with van der Waals surface area (Å²) in [5, 5.41) is 27.6. The maximum atomic E-state index is 9.48. The highest BCUT2D eigenvalue weighted by Crippen LogP contribution is 2.28. The Kier molecular flexibility index (Phi) is 3.76. The number of aliphatic hydroxyl groups excluding tert-OH is 1. The molecule has 0 aliphatic rings. The summed E-state index contributed by atoms with van der Waals surface area (Å²) in [6, 6.07) is 9.73. The van der Waals surface area contributed by atoms with Crippen LogP contribution in [0.25, 0.3) is 16.4 Å². The van der Waals surface area contributed by atoms with Crippen LogP contribution in [-0.2, 0) is 6.61 Å². The van der Waals surface area contributed by atoms with E-state index in [0.717, 1.165) is 16.3 Å². The lowest BCUT2D eigenvalue weighted by Gasteiger charge is -2.04. The number of rotatable bonds is 4. The van der Waals surface area contributed by atoms with Gasteiger partial charge in [-0.05, 0) is 0 Å². The van der Waals surface area contributed by atoms with Crippen LogP contribution in [0.3, 0.4) is 0 Å². The van der Waals surface area contributed by atoms with Gasteiger partial charge in [-0.25, -0.2) is 0 Å². The maximum absolute atomic E-state index is 9.48. The molecule has 0 saturated heterocycles. The summed E-state index contributed by atoms with van der Waals surface area (Å²) < 4.78 is 1.64. The van der Waals surface area contributed by atoms with Gasteiger partial charge in [0.2, 0.25) is 5.13 Å². The van der Waals surface area contributed by atoms with E-state index in [1.165, 1.54) is 11.3 Å². The van der Waals surface area contributed by atoms with Crippen molar-refractivity contribution in [2.24, 2.45) is 0 Å². The second kappa shape index (κ2) is 5.71. The molecule has 1 aromatic carbocycles. The summed E-state index contributed by atoms with van der Waals surface area (Å²) in [5.41, 5.74) is 2.22. The van der Waals surface area contributed by atoms with Crippen molar-refractivity contribution in [3.05, 3.63) is 41.0 Å². The molecule has 2 aromatic heterocycles. The Hall–Kier alpha value is -2.12. The van der Waals surface area contributed by atoms with E-state index in [1.807, 2.05) is 30.3 Å². The number of nitrogens with zero attached hydrogens (tertiary/aromatic N) is 5. The zero-order valence-electron chi connectivity index (χ0n) is 11.8. The van der Waals surface area contributed by atoms with Gasteiger partial charge in [-0.2, -0.15) is 4.68 Å². The molecule has 0 aliphatic heterocycles. The molecule has 1 N–H and O–H groups in total.